The van der Waals surface area contributed by atoms with E-state index in [-0.39, 0.29) is 5.91 Å². The number of carbonyl (C=O) groups excluding carboxylic acids is 1. The molecule has 0 radical (unpaired) electrons. The molecule has 0 unspecified atom stereocenters. The molecule has 1 amide bonds. The molecule has 2 N–H and O–H groups in total. The van der Waals surface area contributed by atoms with Gasteiger partial charge in [-0.25, -0.2) is 0 Å². The van der Waals surface area contributed by atoms with Gasteiger partial charge in [-0.05, 0) is 43.1 Å². The minimum atomic E-state index is -0.446. The predicted octanol–water partition coefficient (Wildman–Crippen LogP) is 3.86. The predicted molar refractivity (Wildman–Crippen MR) is 98.5 cm³/mol. The maximum Gasteiger partial charge on any atom is 0.243 e. The van der Waals surface area contributed by atoms with Crippen LogP contribution in [0.2, 0.25) is 0 Å². The molecule has 0 saturated heterocycles. The van der Waals surface area contributed by atoms with Crippen molar-refractivity contribution in [1.29, 1.82) is 0 Å². The summed E-state index contributed by atoms with van der Waals surface area (Å²) < 4.78 is 2.20. The molecule has 1 atom stereocenters. The topological polar surface area (TPSA) is 62.7 Å². The quantitative estimate of drug-likeness (QED) is 0.681. The van der Waals surface area contributed by atoms with E-state index in [9.17, 15) is 4.79 Å². The number of aromatic amines is 1. The van der Waals surface area contributed by atoms with E-state index in [1.165, 1.54) is 5.56 Å². The maximum absolute atomic E-state index is 12.6. The average molecular weight is 358 g/mol. The first-order chi connectivity index (χ1) is 11.6. The highest BCUT2D eigenvalue weighted by Crippen LogP contribution is 2.25. The van der Waals surface area contributed by atoms with Crippen molar-refractivity contribution in [3.8, 4) is 10.7 Å². The molecule has 2 aromatic heterocycles. The van der Waals surface area contributed by atoms with E-state index in [0.717, 1.165) is 10.4 Å². The highest BCUT2D eigenvalue weighted by Gasteiger charge is 2.21. The molecule has 0 aliphatic carbocycles. The van der Waals surface area contributed by atoms with Crippen LogP contribution in [0.4, 0.5) is 0 Å². The van der Waals surface area contributed by atoms with E-state index in [1.54, 1.807) is 15.9 Å². The number of carbonyl (C=O) groups is 1. The molecular weight excluding hydrogens is 340 g/mol. The standard InChI is InChI=1S/C17H18N4OS2/c1-11-5-3-6-13(9-11)10-18-16(22)12(2)21-15(19-20-17(21)23)14-7-4-8-24-14/h3-9,12H,10H2,1-2H3,(H,18,22)(H,20,23)/t12-/m1/s1. The zero-order chi connectivity index (χ0) is 17.1. The first-order valence-electron chi connectivity index (χ1n) is 7.60. The number of H-pyrrole nitrogens is 1. The molecule has 0 aliphatic heterocycles. The largest absolute Gasteiger partial charge is 0.350 e. The summed E-state index contributed by atoms with van der Waals surface area (Å²) in [4.78, 5) is 13.5. The molecule has 1 aromatic carbocycles. The fraction of sp³-hybridized carbons (Fsp3) is 0.235. The van der Waals surface area contributed by atoms with Crippen LogP contribution in [-0.4, -0.2) is 20.7 Å². The Kier molecular flexibility index (Phi) is 4.92. The van der Waals surface area contributed by atoms with Gasteiger partial charge in [-0.2, -0.15) is 5.10 Å². The molecule has 124 valence electrons. The van der Waals surface area contributed by atoms with Crippen LogP contribution < -0.4 is 5.32 Å². The number of hydrogen-bond donors (Lipinski definition) is 2. The second-order valence-electron chi connectivity index (χ2n) is 5.58. The summed E-state index contributed by atoms with van der Waals surface area (Å²) in [6.45, 7) is 4.35. The Labute approximate surface area is 149 Å². The Hall–Kier alpha value is -2.25. The van der Waals surface area contributed by atoms with Crippen LogP contribution in [0.25, 0.3) is 10.7 Å². The van der Waals surface area contributed by atoms with Gasteiger partial charge in [-0.15, -0.1) is 11.3 Å². The van der Waals surface area contributed by atoms with Crippen molar-refractivity contribution in [2.45, 2.75) is 26.4 Å². The minimum Gasteiger partial charge on any atom is -0.350 e. The highest BCUT2D eigenvalue weighted by atomic mass is 32.1. The molecule has 0 spiro atoms. The van der Waals surface area contributed by atoms with E-state index in [1.807, 2.05) is 49.6 Å². The average Bonchev–Trinajstić information content (AvgIpc) is 3.21. The van der Waals surface area contributed by atoms with Gasteiger partial charge in [0.2, 0.25) is 5.91 Å². The fourth-order valence-electron chi connectivity index (χ4n) is 2.52. The smallest absolute Gasteiger partial charge is 0.243 e. The first-order valence-corrected chi connectivity index (χ1v) is 8.89. The fourth-order valence-corrected chi connectivity index (χ4v) is 3.52. The molecule has 0 aliphatic rings. The van der Waals surface area contributed by atoms with Gasteiger partial charge in [0.1, 0.15) is 6.04 Å². The van der Waals surface area contributed by atoms with Crippen molar-refractivity contribution in [2.75, 3.05) is 0 Å². The van der Waals surface area contributed by atoms with Crippen molar-refractivity contribution in [3.63, 3.8) is 0 Å². The van der Waals surface area contributed by atoms with E-state index in [4.69, 9.17) is 12.2 Å². The molecule has 0 saturated carbocycles. The van der Waals surface area contributed by atoms with Gasteiger partial charge in [0.15, 0.2) is 10.6 Å². The van der Waals surface area contributed by atoms with Gasteiger partial charge in [0.05, 0.1) is 4.88 Å². The van der Waals surface area contributed by atoms with Crippen LogP contribution in [0.5, 0.6) is 0 Å². The van der Waals surface area contributed by atoms with Gasteiger partial charge in [0, 0.05) is 6.54 Å². The minimum absolute atomic E-state index is 0.0909. The van der Waals surface area contributed by atoms with Crippen LogP contribution in [-0.2, 0) is 11.3 Å². The van der Waals surface area contributed by atoms with Crippen LogP contribution in [0.1, 0.15) is 24.1 Å². The second kappa shape index (κ2) is 7.11. The summed E-state index contributed by atoms with van der Waals surface area (Å²) in [6.07, 6.45) is 0. The van der Waals surface area contributed by atoms with Crippen LogP contribution in [0.3, 0.4) is 0 Å². The molecule has 3 aromatic rings. The van der Waals surface area contributed by atoms with Crippen molar-refractivity contribution < 1.29 is 4.79 Å². The number of rotatable bonds is 5. The number of aromatic nitrogens is 3. The lowest BCUT2D eigenvalue weighted by Gasteiger charge is -2.15. The second-order valence-corrected chi connectivity index (χ2v) is 6.92. The van der Waals surface area contributed by atoms with Gasteiger partial charge < -0.3 is 5.32 Å². The molecule has 7 heteroatoms. The monoisotopic (exact) mass is 358 g/mol. The number of amides is 1. The molecule has 0 fully saturated rings. The van der Waals surface area contributed by atoms with E-state index in [0.29, 0.717) is 17.1 Å². The Balaban J connectivity index is 1.77. The third kappa shape index (κ3) is 3.47. The summed E-state index contributed by atoms with van der Waals surface area (Å²) >= 11 is 6.87. The summed E-state index contributed by atoms with van der Waals surface area (Å²) in [5, 5.41) is 12.0. The van der Waals surface area contributed by atoms with E-state index in [2.05, 4.69) is 21.6 Å². The van der Waals surface area contributed by atoms with Crippen LogP contribution in [0, 0.1) is 11.7 Å². The molecular formula is C17H18N4OS2. The Morgan fingerprint density at radius 3 is 2.96 bits per heavy atom. The lowest BCUT2D eigenvalue weighted by Crippen LogP contribution is -2.31. The van der Waals surface area contributed by atoms with Gasteiger partial charge in [0.25, 0.3) is 0 Å². The van der Waals surface area contributed by atoms with E-state index < -0.39 is 6.04 Å². The SMILES string of the molecule is Cc1cccc(CNC(=O)[C@@H](C)n2c(-c3cccs3)n[nH]c2=S)c1. The summed E-state index contributed by atoms with van der Waals surface area (Å²) in [6, 6.07) is 11.5. The van der Waals surface area contributed by atoms with Gasteiger partial charge in [-0.3, -0.25) is 14.5 Å². The van der Waals surface area contributed by atoms with Crippen LogP contribution >= 0.6 is 23.6 Å². The van der Waals surface area contributed by atoms with Crippen molar-refractivity contribution in [2.24, 2.45) is 0 Å². The zero-order valence-electron chi connectivity index (χ0n) is 13.4. The molecule has 5 nitrogen and oxygen atoms in total. The third-order valence-corrected chi connectivity index (χ3v) is 4.92. The first kappa shape index (κ1) is 16.6. The summed E-state index contributed by atoms with van der Waals surface area (Å²) in [5.41, 5.74) is 2.25. The normalized spacial score (nSPS) is 12.1. The number of nitrogens with zero attached hydrogens (tertiary/aromatic N) is 2. The number of aryl methyl sites for hydroxylation is 1. The summed E-state index contributed by atoms with van der Waals surface area (Å²) in [7, 11) is 0. The number of hydrogen-bond acceptors (Lipinski definition) is 4. The van der Waals surface area contributed by atoms with Crippen LogP contribution in [0.15, 0.2) is 41.8 Å². The van der Waals surface area contributed by atoms with Crippen molar-refractivity contribution in [1.82, 2.24) is 20.1 Å². The van der Waals surface area contributed by atoms with Gasteiger partial charge in [-0.1, -0.05) is 35.9 Å². The Morgan fingerprint density at radius 2 is 2.25 bits per heavy atom. The van der Waals surface area contributed by atoms with E-state index >= 15 is 0 Å². The number of nitrogens with one attached hydrogen (secondary N) is 2. The molecule has 0 bridgehead atoms. The maximum atomic E-state index is 12.6. The molecule has 24 heavy (non-hydrogen) atoms. The number of benzene rings is 1. The molecule has 2 heterocycles. The lowest BCUT2D eigenvalue weighted by molar-refractivity contribution is -0.124. The zero-order valence-corrected chi connectivity index (χ0v) is 15.1. The van der Waals surface area contributed by atoms with Gasteiger partial charge >= 0.3 is 0 Å². The highest BCUT2D eigenvalue weighted by molar-refractivity contribution is 7.71. The van der Waals surface area contributed by atoms with Crippen molar-refractivity contribution >= 4 is 29.5 Å². The molecule has 3 rings (SSSR count). The number of thiophene rings is 1. The van der Waals surface area contributed by atoms with Crippen molar-refractivity contribution in [3.05, 3.63) is 57.7 Å². The Bertz CT molecular complexity index is 895. The summed E-state index contributed by atoms with van der Waals surface area (Å²) in [5.74, 6) is 0.597. The lowest BCUT2D eigenvalue weighted by atomic mass is 10.1. The Morgan fingerprint density at radius 1 is 1.42 bits per heavy atom. The third-order valence-electron chi connectivity index (χ3n) is 3.76.